The quantitative estimate of drug-likeness (QED) is 0.601. The number of nitrogens with one attached hydrogen (secondary N) is 1. The molecule has 1 aromatic carbocycles. The molecule has 0 aliphatic carbocycles. The summed E-state index contributed by atoms with van der Waals surface area (Å²) in [6.07, 6.45) is 2.05. The molecule has 1 aliphatic rings. The van der Waals surface area contributed by atoms with E-state index in [2.05, 4.69) is 37.4 Å². The molecule has 6 nitrogen and oxygen atoms in total. The van der Waals surface area contributed by atoms with Gasteiger partial charge >= 0.3 is 0 Å². The van der Waals surface area contributed by atoms with Crippen molar-refractivity contribution in [1.29, 1.82) is 0 Å². The lowest BCUT2D eigenvalue weighted by Gasteiger charge is -2.27. The average molecular weight is 461 g/mol. The van der Waals surface area contributed by atoms with Crippen molar-refractivity contribution in [3.8, 4) is 0 Å². The van der Waals surface area contributed by atoms with E-state index in [0.29, 0.717) is 22.3 Å². The smallest absolute Gasteiger partial charge is 0.263 e. The fourth-order valence-electron chi connectivity index (χ4n) is 3.97. The zero-order chi connectivity index (χ0) is 22.4. The first-order valence-electron chi connectivity index (χ1n) is 10.5. The zero-order valence-corrected chi connectivity index (χ0v) is 20.0. The number of hydrogen-bond donors (Lipinski definition) is 1. The molecule has 3 aromatic rings. The number of nitrogens with zero attached hydrogens (tertiary/aromatic N) is 3. The number of fused-ring (bicyclic) bond motifs is 1. The van der Waals surface area contributed by atoms with Gasteiger partial charge in [0.15, 0.2) is 0 Å². The minimum atomic E-state index is -3.76. The molecule has 0 bridgehead atoms. The summed E-state index contributed by atoms with van der Waals surface area (Å²) in [5, 5.41) is 5.28. The van der Waals surface area contributed by atoms with Crippen LogP contribution >= 0.6 is 11.6 Å². The number of halogens is 1. The van der Waals surface area contributed by atoms with E-state index in [1.165, 1.54) is 0 Å². The molecule has 1 fully saturated rings. The predicted octanol–water partition coefficient (Wildman–Crippen LogP) is 4.90. The van der Waals surface area contributed by atoms with Crippen LogP contribution in [0.3, 0.4) is 0 Å². The first-order chi connectivity index (χ1) is 14.5. The summed E-state index contributed by atoms with van der Waals surface area (Å²) in [7, 11) is -1.64. The third kappa shape index (κ3) is 4.59. The highest BCUT2D eigenvalue weighted by molar-refractivity contribution is 7.92. The Bertz CT molecular complexity index is 1190. The second-order valence-electron chi connectivity index (χ2n) is 9.39. The van der Waals surface area contributed by atoms with Crippen LogP contribution in [-0.2, 0) is 15.4 Å². The van der Waals surface area contributed by atoms with Gasteiger partial charge in [0.05, 0.1) is 21.1 Å². The van der Waals surface area contributed by atoms with E-state index in [4.69, 9.17) is 16.7 Å². The molecule has 1 aliphatic heterocycles. The van der Waals surface area contributed by atoms with Crippen LogP contribution in [0.5, 0.6) is 0 Å². The van der Waals surface area contributed by atoms with E-state index >= 15 is 0 Å². The number of hydrogen-bond acceptors (Lipinski definition) is 4. The second-order valence-corrected chi connectivity index (χ2v) is 11.5. The minimum absolute atomic E-state index is 0.0442. The third-order valence-corrected chi connectivity index (χ3v) is 7.69. The topological polar surface area (TPSA) is 66.7 Å². The Morgan fingerprint density at radius 2 is 1.71 bits per heavy atom. The molecular weight excluding hydrogens is 432 g/mol. The van der Waals surface area contributed by atoms with E-state index in [1.807, 2.05) is 18.2 Å². The lowest BCUT2D eigenvalue weighted by Crippen LogP contribution is -2.29. The van der Waals surface area contributed by atoms with Crippen LogP contribution in [0.25, 0.3) is 5.52 Å². The van der Waals surface area contributed by atoms with E-state index in [9.17, 15) is 8.42 Å². The Kier molecular flexibility index (Phi) is 5.79. The average Bonchev–Trinajstić information content (AvgIpc) is 3.17. The molecule has 0 radical (unpaired) electrons. The molecule has 2 aromatic heterocycles. The first-order valence-corrected chi connectivity index (χ1v) is 12.4. The van der Waals surface area contributed by atoms with Crippen LogP contribution < -0.4 is 4.72 Å². The molecule has 0 spiro atoms. The van der Waals surface area contributed by atoms with Crippen LogP contribution in [-0.4, -0.2) is 43.1 Å². The van der Waals surface area contributed by atoms with E-state index < -0.39 is 10.0 Å². The molecule has 31 heavy (non-hydrogen) atoms. The molecule has 0 unspecified atom stereocenters. The fourth-order valence-corrected chi connectivity index (χ4v) is 5.21. The maximum Gasteiger partial charge on any atom is 0.263 e. The SMILES string of the molecule is CN1CCC(c2cc3c(Cl)ccc(NS(=O)(=O)c4ccc(C(C)(C)C)cc4)n3n2)CC1. The number of sulfonamides is 1. The molecule has 0 atom stereocenters. The van der Waals surface area contributed by atoms with Crippen molar-refractivity contribution in [3.63, 3.8) is 0 Å². The number of aromatic nitrogens is 2. The van der Waals surface area contributed by atoms with Gasteiger partial charge in [-0.15, -0.1) is 0 Å². The maximum absolute atomic E-state index is 13.0. The minimum Gasteiger partial charge on any atom is -0.306 e. The molecule has 166 valence electrons. The molecule has 4 rings (SSSR count). The molecule has 0 saturated carbocycles. The highest BCUT2D eigenvalue weighted by atomic mass is 35.5. The van der Waals surface area contributed by atoms with Crippen LogP contribution in [0.4, 0.5) is 5.82 Å². The van der Waals surface area contributed by atoms with Crippen molar-refractivity contribution in [2.24, 2.45) is 0 Å². The van der Waals surface area contributed by atoms with E-state index in [1.54, 1.807) is 28.8 Å². The first kappa shape index (κ1) is 22.1. The number of benzene rings is 1. The zero-order valence-electron chi connectivity index (χ0n) is 18.4. The van der Waals surface area contributed by atoms with Crippen molar-refractivity contribution in [2.45, 2.75) is 49.8 Å². The van der Waals surface area contributed by atoms with Crippen molar-refractivity contribution >= 4 is 33.0 Å². The summed E-state index contributed by atoms with van der Waals surface area (Å²) in [4.78, 5) is 2.52. The Morgan fingerprint density at radius 1 is 1.06 bits per heavy atom. The normalized spacial score (nSPS) is 16.7. The van der Waals surface area contributed by atoms with Gasteiger partial charge in [-0.1, -0.05) is 44.5 Å². The summed E-state index contributed by atoms with van der Waals surface area (Å²) >= 11 is 6.41. The van der Waals surface area contributed by atoms with Crippen molar-refractivity contribution < 1.29 is 8.42 Å². The van der Waals surface area contributed by atoms with Crippen LogP contribution in [0.1, 0.15) is 50.8 Å². The van der Waals surface area contributed by atoms with Gasteiger partial charge in [0.25, 0.3) is 10.0 Å². The Labute approximate surface area is 189 Å². The highest BCUT2D eigenvalue weighted by Crippen LogP contribution is 2.31. The van der Waals surface area contributed by atoms with Crippen LogP contribution in [0, 0.1) is 0 Å². The molecule has 1 N–H and O–H groups in total. The van der Waals surface area contributed by atoms with Crippen molar-refractivity contribution in [2.75, 3.05) is 24.9 Å². The van der Waals surface area contributed by atoms with E-state index in [0.717, 1.165) is 37.2 Å². The fraction of sp³-hybridized carbons (Fsp3) is 0.435. The van der Waals surface area contributed by atoms with E-state index in [-0.39, 0.29) is 10.3 Å². The summed E-state index contributed by atoms with van der Waals surface area (Å²) in [5.41, 5.74) is 2.70. The number of pyridine rings is 1. The predicted molar refractivity (Wildman–Crippen MR) is 126 cm³/mol. The second kappa shape index (κ2) is 8.11. The number of piperidine rings is 1. The Hall–Kier alpha value is -2.09. The van der Waals surface area contributed by atoms with Crippen molar-refractivity contribution in [3.05, 3.63) is 58.7 Å². The summed E-state index contributed by atoms with van der Waals surface area (Å²) in [6, 6.07) is 12.3. The maximum atomic E-state index is 13.0. The number of anilines is 1. The van der Waals surface area contributed by atoms with Gasteiger partial charge in [-0.3, -0.25) is 4.72 Å². The highest BCUT2D eigenvalue weighted by Gasteiger charge is 2.23. The summed E-state index contributed by atoms with van der Waals surface area (Å²) in [5.74, 6) is 0.722. The van der Waals surface area contributed by atoms with Gasteiger partial charge in [0.2, 0.25) is 0 Å². The molecule has 1 saturated heterocycles. The lowest BCUT2D eigenvalue weighted by molar-refractivity contribution is 0.253. The number of likely N-dealkylation sites (tertiary alicyclic amines) is 1. The van der Waals surface area contributed by atoms with Crippen LogP contribution in [0.15, 0.2) is 47.4 Å². The van der Waals surface area contributed by atoms with Crippen molar-refractivity contribution in [1.82, 2.24) is 14.5 Å². The Morgan fingerprint density at radius 3 is 2.32 bits per heavy atom. The lowest BCUT2D eigenvalue weighted by atomic mass is 9.87. The van der Waals surface area contributed by atoms with Gasteiger partial charge in [0.1, 0.15) is 5.82 Å². The van der Waals surface area contributed by atoms with Gasteiger partial charge in [-0.25, -0.2) is 12.9 Å². The molecule has 0 amide bonds. The largest absolute Gasteiger partial charge is 0.306 e. The third-order valence-electron chi connectivity index (χ3n) is 6.00. The monoisotopic (exact) mass is 460 g/mol. The summed E-state index contributed by atoms with van der Waals surface area (Å²) in [6.45, 7) is 8.34. The van der Waals surface area contributed by atoms with Gasteiger partial charge < -0.3 is 4.90 Å². The van der Waals surface area contributed by atoms with Gasteiger partial charge in [0, 0.05) is 5.92 Å². The molecular formula is C23H29ClN4O2S. The van der Waals surface area contributed by atoms with Gasteiger partial charge in [-0.2, -0.15) is 5.10 Å². The summed E-state index contributed by atoms with van der Waals surface area (Å²) < 4.78 is 30.4. The van der Waals surface area contributed by atoms with Gasteiger partial charge in [-0.05, 0) is 74.3 Å². The standard InChI is InChI=1S/C23H29ClN4O2S/c1-23(2,3)17-5-7-18(8-6-17)31(29,30)26-22-10-9-19(24)21-15-20(25-28(21)22)16-11-13-27(4)14-12-16/h5-10,15-16,26H,11-14H2,1-4H3. The van der Waals surface area contributed by atoms with Crippen LogP contribution in [0.2, 0.25) is 5.02 Å². The molecule has 3 heterocycles. The number of rotatable bonds is 4. The Balaban J connectivity index is 1.65. The molecule has 8 heteroatoms.